The second-order valence-corrected chi connectivity index (χ2v) is 8.03. The second kappa shape index (κ2) is 7.33. The summed E-state index contributed by atoms with van der Waals surface area (Å²) in [5.41, 5.74) is 0.820. The van der Waals surface area contributed by atoms with Crippen LogP contribution >= 0.6 is 23.3 Å². The molecule has 6 heteroatoms. The normalized spacial score (nSPS) is 21.7. The molecule has 2 N–H and O–H groups in total. The molecule has 118 valence electrons. The van der Waals surface area contributed by atoms with Gasteiger partial charge in [0.2, 0.25) is 0 Å². The topological polar surface area (TPSA) is 54.0 Å². The Balaban J connectivity index is 1.55. The van der Waals surface area contributed by atoms with Crippen molar-refractivity contribution in [2.45, 2.75) is 43.9 Å². The van der Waals surface area contributed by atoms with E-state index in [-0.39, 0.29) is 6.03 Å². The average Bonchev–Trinajstić information content (AvgIpc) is 2.95. The maximum atomic E-state index is 12.2. The van der Waals surface area contributed by atoms with Gasteiger partial charge in [-0.25, -0.2) is 4.79 Å². The van der Waals surface area contributed by atoms with Gasteiger partial charge in [-0.05, 0) is 54.7 Å². The first-order valence-electron chi connectivity index (χ1n) is 7.78. The van der Waals surface area contributed by atoms with E-state index in [1.165, 1.54) is 24.4 Å². The predicted molar refractivity (Wildman–Crippen MR) is 96.0 cm³/mol. The number of thioether (sulfide) groups is 1. The number of carbonyl (C=O) groups excluding carboxylic acids is 1. The number of aromatic nitrogens is 1. The van der Waals surface area contributed by atoms with Crippen molar-refractivity contribution in [1.82, 2.24) is 9.69 Å². The van der Waals surface area contributed by atoms with Gasteiger partial charge in [-0.15, -0.1) is 0 Å². The van der Waals surface area contributed by atoms with Gasteiger partial charge in [0.1, 0.15) is 0 Å². The molecular weight excluding hydrogens is 314 g/mol. The number of anilines is 1. The van der Waals surface area contributed by atoms with E-state index in [4.69, 9.17) is 0 Å². The SMILES string of the molecule is CCSC1CCCC(NC(=O)Nc2ccc3sncc3c2)C1. The van der Waals surface area contributed by atoms with Crippen molar-refractivity contribution in [3.8, 4) is 0 Å². The van der Waals surface area contributed by atoms with Gasteiger partial charge in [0, 0.05) is 28.6 Å². The number of benzene rings is 1. The van der Waals surface area contributed by atoms with E-state index in [9.17, 15) is 4.79 Å². The molecule has 1 saturated carbocycles. The fourth-order valence-corrected chi connectivity index (χ4v) is 4.76. The summed E-state index contributed by atoms with van der Waals surface area (Å²) in [6.45, 7) is 2.20. The average molecular weight is 335 g/mol. The van der Waals surface area contributed by atoms with Crippen LogP contribution in [-0.4, -0.2) is 27.4 Å². The molecule has 22 heavy (non-hydrogen) atoms. The van der Waals surface area contributed by atoms with Gasteiger partial charge in [0.15, 0.2) is 0 Å². The summed E-state index contributed by atoms with van der Waals surface area (Å²) in [4.78, 5) is 12.2. The zero-order valence-electron chi connectivity index (χ0n) is 12.7. The fraction of sp³-hybridized carbons (Fsp3) is 0.500. The summed E-state index contributed by atoms with van der Waals surface area (Å²) in [6, 6.07) is 6.09. The van der Waals surface area contributed by atoms with Gasteiger partial charge in [0.05, 0.1) is 4.70 Å². The highest BCUT2D eigenvalue weighted by Gasteiger charge is 2.23. The summed E-state index contributed by atoms with van der Waals surface area (Å²) in [5, 5.41) is 7.82. The zero-order chi connectivity index (χ0) is 15.4. The smallest absolute Gasteiger partial charge is 0.319 e. The van der Waals surface area contributed by atoms with Crippen LogP contribution in [0.2, 0.25) is 0 Å². The Morgan fingerprint density at radius 1 is 1.45 bits per heavy atom. The van der Waals surface area contributed by atoms with Gasteiger partial charge in [0.25, 0.3) is 0 Å². The van der Waals surface area contributed by atoms with E-state index >= 15 is 0 Å². The molecule has 1 aliphatic carbocycles. The molecule has 2 unspecified atom stereocenters. The fourth-order valence-electron chi connectivity index (χ4n) is 2.97. The number of nitrogens with one attached hydrogen (secondary N) is 2. The van der Waals surface area contributed by atoms with Crippen molar-refractivity contribution < 1.29 is 4.79 Å². The van der Waals surface area contributed by atoms with E-state index in [0.717, 1.165) is 34.4 Å². The molecule has 0 radical (unpaired) electrons. The van der Waals surface area contributed by atoms with Crippen LogP contribution < -0.4 is 10.6 Å². The highest BCUT2D eigenvalue weighted by atomic mass is 32.2. The van der Waals surface area contributed by atoms with Gasteiger partial charge < -0.3 is 10.6 Å². The van der Waals surface area contributed by atoms with Crippen LogP contribution in [0.15, 0.2) is 24.4 Å². The summed E-state index contributed by atoms with van der Waals surface area (Å²) in [5.74, 6) is 1.15. The number of rotatable bonds is 4. The Hall–Kier alpha value is -1.27. The lowest BCUT2D eigenvalue weighted by molar-refractivity contribution is 0.244. The molecule has 1 fully saturated rings. The maximum Gasteiger partial charge on any atom is 0.319 e. The van der Waals surface area contributed by atoms with Gasteiger partial charge in [-0.1, -0.05) is 13.3 Å². The van der Waals surface area contributed by atoms with Crippen LogP contribution in [0.25, 0.3) is 10.1 Å². The lowest BCUT2D eigenvalue weighted by Crippen LogP contribution is -2.41. The molecule has 3 rings (SSSR count). The van der Waals surface area contributed by atoms with E-state index in [2.05, 4.69) is 21.9 Å². The summed E-state index contributed by atoms with van der Waals surface area (Å²) < 4.78 is 5.29. The maximum absolute atomic E-state index is 12.2. The van der Waals surface area contributed by atoms with E-state index in [1.54, 1.807) is 0 Å². The van der Waals surface area contributed by atoms with Gasteiger partial charge >= 0.3 is 6.03 Å². The van der Waals surface area contributed by atoms with Crippen LogP contribution in [0.3, 0.4) is 0 Å². The van der Waals surface area contributed by atoms with Crippen molar-refractivity contribution in [3.63, 3.8) is 0 Å². The van der Waals surface area contributed by atoms with Crippen LogP contribution in [0.4, 0.5) is 10.5 Å². The lowest BCUT2D eigenvalue weighted by atomic mass is 9.95. The summed E-state index contributed by atoms with van der Waals surface area (Å²) in [7, 11) is 0. The van der Waals surface area contributed by atoms with Gasteiger partial charge in [-0.3, -0.25) is 0 Å². The highest BCUT2D eigenvalue weighted by molar-refractivity contribution is 7.99. The highest BCUT2D eigenvalue weighted by Crippen LogP contribution is 2.28. The van der Waals surface area contributed by atoms with Crippen LogP contribution in [0.1, 0.15) is 32.6 Å². The molecule has 0 bridgehead atoms. The molecule has 2 aromatic rings. The summed E-state index contributed by atoms with van der Waals surface area (Å²) >= 11 is 3.48. The number of fused-ring (bicyclic) bond motifs is 1. The monoisotopic (exact) mass is 335 g/mol. The number of carbonyl (C=O) groups is 1. The standard InChI is InChI=1S/C16H21N3OS2/c1-2-21-14-5-3-4-12(9-14)18-16(20)19-13-6-7-15-11(8-13)10-17-22-15/h6-8,10,12,14H,2-5,9H2,1H3,(H2,18,19,20). The van der Waals surface area contributed by atoms with Gasteiger partial charge in [-0.2, -0.15) is 16.1 Å². The zero-order valence-corrected chi connectivity index (χ0v) is 14.3. The number of hydrogen-bond acceptors (Lipinski definition) is 4. The molecule has 4 nitrogen and oxygen atoms in total. The Morgan fingerprint density at radius 3 is 3.23 bits per heavy atom. The molecule has 2 amide bonds. The number of nitrogens with zero attached hydrogens (tertiary/aromatic N) is 1. The van der Waals surface area contributed by atoms with Crippen molar-refractivity contribution in [1.29, 1.82) is 0 Å². The first kappa shape index (κ1) is 15.6. The molecule has 0 spiro atoms. The number of amides is 2. The molecule has 0 aliphatic heterocycles. The van der Waals surface area contributed by atoms with Crippen molar-refractivity contribution in [3.05, 3.63) is 24.4 Å². The minimum Gasteiger partial charge on any atom is -0.335 e. The molecule has 0 saturated heterocycles. The largest absolute Gasteiger partial charge is 0.335 e. The van der Waals surface area contributed by atoms with Crippen molar-refractivity contribution in [2.75, 3.05) is 11.1 Å². The minimum atomic E-state index is -0.102. The lowest BCUT2D eigenvalue weighted by Gasteiger charge is -2.29. The first-order valence-corrected chi connectivity index (χ1v) is 9.60. The van der Waals surface area contributed by atoms with Crippen molar-refractivity contribution in [2.24, 2.45) is 0 Å². The van der Waals surface area contributed by atoms with Crippen LogP contribution in [0, 0.1) is 0 Å². The second-order valence-electron chi connectivity index (χ2n) is 5.62. The quantitative estimate of drug-likeness (QED) is 0.866. The number of hydrogen-bond donors (Lipinski definition) is 2. The predicted octanol–water partition coefficient (Wildman–Crippen LogP) is 4.48. The van der Waals surface area contributed by atoms with Crippen LogP contribution in [0.5, 0.6) is 0 Å². The molecule has 1 aliphatic rings. The molecule has 1 aromatic heterocycles. The Labute approximate surface area is 139 Å². The first-order chi connectivity index (χ1) is 10.7. The molecular formula is C16H21N3OS2. The van der Waals surface area contributed by atoms with Crippen molar-refractivity contribution >= 4 is 45.1 Å². The minimum absolute atomic E-state index is 0.102. The third-order valence-electron chi connectivity index (χ3n) is 3.97. The third kappa shape index (κ3) is 3.93. The van der Waals surface area contributed by atoms with E-state index in [1.807, 2.05) is 36.2 Å². The van der Waals surface area contributed by atoms with Crippen LogP contribution in [-0.2, 0) is 0 Å². The Kier molecular flexibility index (Phi) is 5.20. The Bertz CT molecular complexity index is 641. The molecule has 1 aromatic carbocycles. The van der Waals surface area contributed by atoms with E-state index in [0.29, 0.717) is 11.3 Å². The Morgan fingerprint density at radius 2 is 2.36 bits per heavy atom. The molecule has 1 heterocycles. The number of urea groups is 1. The van der Waals surface area contributed by atoms with E-state index < -0.39 is 0 Å². The summed E-state index contributed by atoms with van der Waals surface area (Å²) in [6.07, 6.45) is 6.48. The molecule has 2 atom stereocenters. The third-order valence-corrected chi connectivity index (χ3v) is 5.99.